The molecule has 1 fully saturated rings. The molecule has 2 rings (SSSR count). The van der Waals surface area contributed by atoms with E-state index in [4.69, 9.17) is 14.2 Å². The van der Waals surface area contributed by atoms with Crippen molar-refractivity contribution in [1.82, 2.24) is 10.2 Å². The molecule has 1 saturated heterocycles. The first kappa shape index (κ1) is 20.7. The molecule has 1 heterocycles. The number of hydrogen-bond donors (Lipinski definition) is 2. The zero-order valence-corrected chi connectivity index (χ0v) is 15.5. The van der Waals surface area contributed by atoms with Crippen molar-refractivity contribution in [2.45, 2.75) is 44.9 Å². The number of benzene rings is 1. The Morgan fingerprint density at radius 2 is 1.96 bits per heavy atom. The van der Waals surface area contributed by atoms with Crippen LogP contribution in [0.15, 0.2) is 30.3 Å². The lowest BCUT2D eigenvalue weighted by Gasteiger charge is -2.28. The Morgan fingerprint density at radius 1 is 1.30 bits per heavy atom. The standard InChI is InChI=1S/C18H24N2O7/c1-11(19-18(24)26-10-13-7-5-4-6-8-13)16(22)20-14(9-21)27-12(2)15(20)17(23)25-3/h4-8,11-12,14-15,21H,9-10H2,1-3H3,(H,19,24)/t11-,12+,14+,15-/m0/s1. The van der Waals surface area contributed by atoms with E-state index in [1.165, 1.54) is 14.0 Å². The molecule has 2 amide bonds. The van der Waals surface area contributed by atoms with E-state index in [2.05, 4.69) is 5.32 Å². The average Bonchev–Trinajstić information content (AvgIpc) is 3.02. The number of esters is 1. The van der Waals surface area contributed by atoms with Crippen molar-refractivity contribution in [3.8, 4) is 0 Å². The third-order valence-corrected chi connectivity index (χ3v) is 4.20. The summed E-state index contributed by atoms with van der Waals surface area (Å²) >= 11 is 0. The minimum absolute atomic E-state index is 0.0570. The number of ether oxygens (including phenoxy) is 3. The SMILES string of the molecule is COC(=O)[C@@H]1[C@@H](C)O[C@H](CO)N1C(=O)[C@H](C)NC(=O)OCc1ccccc1. The lowest BCUT2D eigenvalue weighted by Crippen LogP contribution is -2.55. The number of methoxy groups -OCH3 is 1. The van der Waals surface area contributed by atoms with Crippen LogP contribution in [0.4, 0.5) is 4.79 Å². The van der Waals surface area contributed by atoms with Crippen molar-refractivity contribution in [2.75, 3.05) is 13.7 Å². The van der Waals surface area contributed by atoms with Gasteiger partial charge in [0, 0.05) is 0 Å². The van der Waals surface area contributed by atoms with Gasteiger partial charge < -0.3 is 24.6 Å². The van der Waals surface area contributed by atoms with Gasteiger partial charge in [-0.25, -0.2) is 9.59 Å². The van der Waals surface area contributed by atoms with E-state index in [9.17, 15) is 19.5 Å². The second kappa shape index (κ2) is 9.33. The van der Waals surface area contributed by atoms with E-state index in [1.54, 1.807) is 19.1 Å². The molecule has 0 aliphatic carbocycles. The number of hydrogen-bond acceptors (Lipinski definition) is 7. The second-order valence-electron chi connectivity index (χ2n) is 6.12. The fourth-order valence-corrected chi connectivity index (χ4v) is 2.86. The number of carbonyl (C=O) groups excluding carboxylic acids is 3. The summed E-state index contributed by atoms with van der Waals surface area (Å²) in [6, 6.07) is 7.08. The predicted molar refractivity (Wildman–Crippen MR) is 93.3 cm³/mol. The minimum Gasteiger partial charge on any atom is -0.467 e. The van der Waals surface area contributed by atoms with Crippen molar-refractivity contribution in [3.63, 3.8) is 0 Å². The van der Waals surface area contributed by atoms with Gasteiger partial charge in [-0.1, -0.05) is 30.3 Å². The number of carbonyl (C=O) groups is 3. The van der Waals surface area contributed by atoms with E-state index in [0.717, 1.165) is 10.5 Å². The van der Waals surface area contributed by atoms with E-state index in [-0.39, 0.29) is 6.61 Å². The van der Waals surface area contributed by atoms with Crippen molar-refractivity contribution in [3.05, 3.63) is 35.9 Å². The van der Waals surface area contributed by atoms with Crippen molar-refractivity contribution < 1.29 is 33.7 Å². The summed E-state index contributed by atoms with van der Waals surface area (Å²) in [5, 5.41) is 11.9. The number of nitrogens with one attached hydrogen (secondary N) is 1. The Kier molecular flexibility index (Phi) is 7.14. The van der Waals surface area contributed by atoms with Crippen LogP contribution in [-0.4, -0.2) is 66.1 Å². The maximum atomic E-state index is 12.8. The lowest BCUT2D eigenvalue weighted by molar-refractivity contribution is -0.154. The molecule has 2 N–H and O–H groups in total. The monoisotopic (exact) mass is 380 g/mol. The van der Waals surface area contributed by atoms with Gasteiger partial charge in [-0.15, -0.1) is 0 Å². The van der Waals surface area contributed by atoms with Crippen LogP contribution in [0.5, 0.6) is 0 Å². The first-order chi connectivity index (χ1) is 12.9. The highest BCUT2D eigenvalue weighted by molar-refractivity contribution is 5.90. The molecular weight excluding hydrogens is 356 g/mol. The van der Waals surface area contributed by atoms with Gasteiger partial charge in [0.15, 0.2) is 12.3 Å². The summed E-state index contributed by atoms with van der Waals surface area (Å²) in [5.74, 6) is -1.25. The van der Waals surface area contributed by atoms with Gasteiger partial charge in [0.25, 0.3) is 0 Å². The first-order valence-electron chi connectivity index (χ1n) is 8.52. The predicted octanol–water partition coefficient (Wildman–Crippen LogP) is 0.409. The number of nitrogens with zero attached hydrogens (tertiary/aromatic N) is 1. The third kappa shape index (κ3) is 4.95. The van der Waals surface area contributed by atoms with Crippen LogP contribution >= 0.6 is 0 Å². The fraction of sp³-hybridized carbons (Fsp3) is 0.500. The van der Waals surface area contributed by atoms with Crippen LogP contribution in [0.25, 0.3) is 0 Å². The molecule has 0 spiro atoms. The Balaban J connectivity index is 1.99. The lowest BCUT2D eigenvalue weighted by atomic mass is 10.1. The zero-order valence-electron chi connectivity index (χ0n) is 15.5. The maximum Gasteiger partial charge on any atom is 0.408 e. The smallest absolute Gasteiger partial charge is 0.408 e. The molecule has 1 aliphatic heterocycles. The Morgan fingerprint density at radius 3 is 2.56 bits per heavy atom. The highest BCUT2D eigenvalue weighted by Gasteiger charge is 2.48. The van der Waals surface area contributed by atoms with Crippen molar-refractivity contribution in [2.24, 2.45) is 0 Å². The van der Waals surface area contributed by atoms with Gasteiger partial charge >= 0.3 is 12.1 Å². The van der Waals surface area contributed by atoms with E-state index >= 15 is 0 Å². The van der Waals surface area contributed by atoms with E-state index in [0.29, 0.717) is 0 Å². The molecule has 0 aromatic heterocycles. The highest BCUT2D eigenvalue weighted by atomic mass is 16.6. The fourth-order valence-electron chi connectivity index (χ4n) is 2.86. The number of aliphatic hydroxyl groups is 1. The first-order valence-corrected chi connectivity index (χ1v) is 8.52. The average molecular weight is 380 g/mol. The Labute approximate surface area is 157 Å². The van der Waals surface area contributed by atoms with Gasteiger partial charge in [-0.2, -0.15) is 0 Å². The molecule has 9 nitrogen and oxygen atoms in total. The van der Waals surface area contributed by atoms with Crippen LogP contribution in [0.3, 0.4) is 0 Å². The van der Waals surface area contributed by atoms with Gasteiger partial charge in [-0.3, -0.25) is 9.69 Å². The number of amides is 2. The quantitative estimate of drug-likeness (QED) is 0.687. The summed E-state index contributed by atoms with van der Waals surface area (Å²) in [6.07, 6.45) is -2.43. The molecule has 0 bridgehead atoms. The molecule has 1 aliphatic rings. The third-order valence-electron chi connectivity index (χ3n) is 4.20. The number of alkyl carbamates (subject to hydrolysis) is 1. The van der Waals surface area contributed by atoms with Gasteiger partial charge in [-0.05, 0) is 19.4 Å². The molecule has 4 atom stereocenters. The highest BCUT2D eigenvalue weighted by Crippen LogP contribution is 2.25. The maximum absolute atomic E-state index is 12.8. The van der Waals surface area contributed by atoms with E-state index in [1.807, 2.05) is 18.2 Å². The van der Waals surface area contributed by atoms with Crippen LogP contribution in [-0.2, 0) is 30.4 Å². The Bertz CT molecular complexity index is 667. The molecule has 1 aromatic carbocycles. The van der Waals surface area contributed by atoms with Gasteiger partial charge in [0.2, 0.25) is 5.91 Å². The second-order valence-corrected chi connectivity index (χ2v) is 6.12. The summed E-state index contributed by atoms with van der Waals surface area (Å²) in [4.78, 5) is 37.8. The van der Waals surface area contributed by atoms with Crippen molar-refractivity contribution in [1.29, 1.82) is 0 Å². The molecule has 0 radical (unpaired) electrons. The normalized spacial score (nSPS) is 22.8. The molecule has 9 heteroatoms. The van der Waals surface area contributed by atoms with Crippen LogP contribution < -0.4 is 5.32 Å². The largest absolute Gasteiger partial charge is 0.467 e. The molecular formula is C18H24N2O7. The molecule has 148 valence electrons. The number of aliphatic hydroxyl groups excluding tert-OH is 1. The summed E-state index contributed by atoms with van der Waals surface area (Å²) in [5.41, 5.74) is 0.805. The summed E-state index contributed by atoms with van der Waals surface area (Å²) in [7, 11) is 1.20. The topological polar surface area (TPSA) is 114 Å². The molecule has 0 saturated carbocycles. The minimum atomic E-state index is -1.01. The van der Waals surface area contributed by atoms with Crippen molar-refractivity contribution >= 4 is 18.0 Å². The zero-order chi connectivity index (χ0) is 20.0. The molecule has 27 heavy (non-hydrogen) atoms. The molecule has 0 unspecified atom stereocenters. The van der Waals surface area contributed by atoms with Crippen LogP contribution in [0, 0.1) is 0 Å². The summed E-state index contributed by atoms with van der Waals surface area (Å²) < 4.78 is 15.3. The Hall–Kier alpha value is -2.65. The van der Waals surface area contributed by atoms with Gasteiger partial charge in [0.1, 0.15) is 12.6 Å². The molecule has 1 aromatic rings. The van der Waals surface area contributed by atoms with Gasteiger partial charge in [0.05, 0.1) is 19.8 Å². The van der Waals surface area contributed by atoms with E-state index < -0.39 is 49.0 Å². The summed E-state index contributed by atoms with van der Waals surface area (Å²) in [6.45, 7) is 2.62. The number of rotatable bonds is 6. The van der Waals surface area contributed by atoms with Crippen LogP contribution in [0.2, 0.25) is 0 Å². The van der Waals surface area contributed by atoms with Crippen LogP contribution in [0.1, 0.15) is 19.4 Å².